The van der Waals surface area contributed by atoms with Gasteiger partial charge in [-0.1, -0.05) is 0 Å². The Labute approximate surface area is 130 Å². The van der Waals surface area contributed by atoms with Crippen LogP contribution in [0.25, 0.3) is 0 Å². The van der Waals surface area contributed by atoms with E-state index >= 15 is 0 Å². The van der Waals surface area contributed by atoms with E-state index in [0.29, 0.717) is 36.8 Å². The maximum Gasteiger partial charge on any atom is 0.251 e. The molecule has 2 aliphatic rings. The fraction of sp³-hybridized carbons (Fsp3) is 0.562. The SMILES string of the molecule is O=C(NCCCN1CCOCC1)c1ccc2c(c1)OCCO2. The lowest BCUT2D eigenvalue weighted by atomic mass is 10.2. The lowest BCUT2D eigenvalue weighted by Gasteiger charge is -2.26. The molecule has 0 aromatic heterocycles. The van der Waals surface area contributed by atoms with Gasteiger partial charge in [0.05, 0.1) is 13.2 Å². The summed E-state index contributed by atoms with van der Waals surface area (Å²) in [5.74, 6) is 1.28. The Bertz CT molecular complexity index is 515. The van der Waals surface area contributed by atoms with Crippen LogP contribution in [0.3, 0.4) is 0 Å². The van der Waals surface area contributed by atoms with E-state index in [1.54, 1.807) is 18.2 Å². The van der Waals surface area contributed by atoms with Crippen molar-refractivity contribution in [1.29, 1.82) is 0 Å². The van der Waals surface area contributed by atoms with Gasteiger partial charge in [-0.25, -0.2) is 0 Å². The largest absolute Gasteiger partial charge is 0.486 e. The first kappa shape index (κ1) is 15.1. The summed E-state index contributed by atoms with van der Waals surface area (Å²) >= 11 is 0. The molecular weight excluding hydrogens is 284 g/mol. The predicted octanol–water partition coefficient (Wildman–Crippen LogP) is 0.910. The maximum atomic E-state index is 12.1. The first-order chi connectivity index (χ1) is 10.8. The second kappa shape index (κ2) is 7.47. The van der Waals surface area contributed by atoms with Gasteiger partial charge >= 0.3 is 0 Å². The third-order valence-electron chi connectivity index (χ3n) is 3.84. The van der Waals surface area contributed by atoms with Gasteiger partial charge < -0.3 is 19.5 Å². The zero-order valence-corrected chi connectivity index (χ0v) is 12.7. The predicted molar refractivity (Wildman–Crippen MR) is 81.6 cm³/mol. The molecule has 6 heteroatoms. The molecule has 1 aromatic rings. The molecule has 6 nitrogen and oxygen atoms in total. The molecule has 3 rings (SSSR count). The van der Waals surface area contributed by atoms with Gasteiger partial charge in [0.25, 0.3) is 5.91 Å². The highest BCUT2D eigenvalue weighted by Gasteiger charge is 2.15. The number of rotatable bonds is 5. The van der Waals surface area contributed by atoms with Crippen LogP contribution in [0.4, 0.5) is 0 Å². The van der Waals surface area contributed by atoms with E-state index in [1.165, 1.54) is 0 Å². The molecule has 1 saturated heterocycles. The van der Waals surface area contributed by atoms with Crippen molar-refractivity contribution in [2.45, 2.75) is 6.42 Å². The summed E-state index contributed by atoms with van der Waals surface area (Å²) in [6.07, 6.45) is 0.941. The summed E-state index contributed by atoms with van der Waals surface area (Å²) in [6, 6.07) is 5.30. The molecule has 0 aliphatic carbocycles. The van der Waals surface area contributed by atoms with E-state index < -0.39 is 0 Å². The number of hydrogen-bond acceptors (Lipinski definition) is 5. The third kappa shape index (κ3) is 3.90. The Morgan fingerprint density at radius 2 is 1.86 bits per heavy atom. The summed E-state index contributed by atoms with van der Waals surface area (Å²) in [5, 5.41) is 2.95. The first-order valence-electron chi connectivity index (χ1n) is 7.81. The van der Waals surface area contributed by atoms with Crippen molar-refractivity contribution in [3.8, 4) is 11.5 Å². The van der Waals surface area contributed by atoms with E-state index in [0.717, 1.165) is 39.3 Å². The van der Waals surface area contributed by atoms with Crippen molar-refractivity contribution in [3.05, 3.63) is 23.8 Å². The molecular formula is C16H22N2O4. The van der Waals surface area contributed by atoms with Crippen LogP contribution in [0.2, 0.25) is 0 Å². The van der Waals surface area contributed by atoms with Gasteiger partial charge in [0, 0.05) is 25.2 Å². The molecule has 2 heterocycles. The van der Waals surface area contributed by atoms with E-state index in [-0.39, 0.29) is 5.91 Å². The van der Waals surface area contributed by atoms with Crippen LogP contribution in [0.1, 0.15) is 16.8 Å². The Morgan fingerprint density at radius 3 is 2.68 bits per heavy atom. The zero-order chi connectivity index (χ0) is 15.2. The van der Waals surface area contributed by atoms with Gasteiger partial charge in [0.1, 0.15) is 13.2 Å². The molecule has 0 bridgehead atoms. The van der Waals surface area contributed by atoms with Crippen molar-refractivity contribution in [2.24, 2.45) is 0 Å². The number of fused-ring (bicyclic) bond motifs is 1. The fourth-order valence-electron chi connectivity index (χ4n) is 2.62. The van der Waals surface area contributed by atoms with Crippen LogP contribution in [0, 0.1) is 0 Å². The Balaban J connectivity index is 1.43. The summed E-state index contributed by atoms with van der Waals surface area (Å²) in [6.45, 7) is 6.33. The van der Waals surface area contributed by atoms with Gasteiger partial charge in [-0.05, 0) is 31.2 Å². The number of nitrogens with zero attached hydrogens (tertiary/aromatic N) is 1. The molecule has 1 N–H and O–H groups in total. The van der Waals surface area contributed by atoms with Crippen molar-refractivity contribution >= 4 is 5.91 Å². The van der Waals surface area contributed by atoms with Crippen LogP contribution in [-0.2, 0) is 4.74 Å². The highest BCUT2D eigenvalue weighted by Crippen LogP contribution is 2.30. The standard InChI is InChI=1S/C16H22N2O4/c19-16(17-4-1-5-18-6-8-20-9-7-18)13-2-3-14-15(12-13)22-11-10-21-14/h2-3,12H,1,4-11H2,(H,17,19). The van der Waals surface area contributed by atoms with Crippen molar-refractivity contribution in [1.82, 2.24) is 10.2 Å². The summed E-state index contributed by atoms with van der Waals surface area (Å²) in [4.78, 5) is 14.5. The number of nitrogens with one attached hydrogen (secondary N) is 1. The molecule has 1 amide bonds. The normalized spacial score (nSPS) is 18.0. The smallest absolute Gasteiger partial charge is 0.251 e. The molecule has 1 fully saturated rings. The highest BCUT2D eigenvalue weighted by molar-refractivity contribution is 5.94. The van der Waals surface area contributed by atoms with Crippen LogP contribution in [0.15, 0.2) is 18.2 Å². The number of carbonyl (C=O) groups excluding carboxylic acids is 1. The van der Waals surface area contributed by atoms with Gasteiger partial charge in [-0.15, -0.1) is 0 Å². The minimum absolute atomic E-state index is 0.0704. The molecule has 0 unspecified atom stereocenters. The summed E-state index contributed by atoms with van der Waals surface area (Å²) < 4.78 is 16.3. The van der Waals surface area contributed by atoms with E-state index in [2.05, 4.69) is 10.2 Å². The molecule has 0 saturated carbocycles. The summed E-state index contributed by atoms with van der Waals surface area (Å²) in [5.41, 5.74) is 0.607. The Morgan fingerprint density at radius 1 is 1.09 bits per heavy atom. The first-order valence-corrected chi connectivity index (χ1v) is 7.81. The van der Waals surface area contributed by atoms with E-state index in [4.69, 9.17) is 14.2 Å². The van der Waals surface area contributed by atoms with Crippen molar-refractivity contribution < 1.29 is 19.0 Å². The highest BCUT2D eigenvalue weighted by atomic mass is 16.6. The Hall–Kier alpha value is -1.79. The number of morpholine rings is 1. The van der Waals surface area contributed by atoms with Crippen molar-refractivity contribution in [2.75, 3.05) is 52.6 Å². The number of ether oxygens (including phenoxy) is 3. The monoisotopic (exact) mass is 306 g/mol. The number of hydrogen-bond donors (Lipinski definition) is 1. The van der Waals surface area contributed by atoms with Crippen LogP contribution in [0.5, 0.6) is 11.5 Å². The fourth-order valence-corrected chi connectivity index (χ4v) is 2.62. The van der Waals surface area contributed by atoms with Crippen LogP contribution >= 0.6 is 0 Å². The average Bonchev–Trinajstić information content (AvgIpc) is 2.59. The second-order valence-electron chi connectivity index (χ2n) is 5.42. The molecule has 2 aliphatic heterocycles. The average molecular weight is 306 g/mol. The second-order valence-corrected chi connectivity index (χ2v) is 5.42. The molecule has 0 radical (unpaired) electrons. The van der Waals surface area contributed by atoms with Crippen molar-refractivity contribution in [3.63, 3.8) is 0 Å². The lowest BCUT2D eigenvalue weighted by Crippen LogP contribution is -2.38. The molecule has 0 atom stereocenters. The van der Waals surface area contributed by atoms with E-state index in [9.17, 15) is 4.79 Å². The number of amides is 1. The molecule has 120 valence electrons. The molecule has 1 aromatic carbocycles. The maximum absolute atomic E-state index is 12.1. The molecule has 0 spiro atoms. The Kier molecular flexibility index (Phi) is 5.13. The summed E-state index contributed by atoms with van der Waals surface area (Å²) in [7, 11) is 0. The third-order valence-corrected chi connectivity index (χ3v) is 3.84. The zero-order valence-electron chi connectivity index (χ0n) is 12.7. The minimum atomic E-state index is -0.0704. The van der Waals surface area contributed by atoms with E-state index in [1.807, 2.05) is 0 Å². The lowest BCUT2D eigenvalue weighted by molar-refractivity contribution is 0.0374. The number of carbonyl (C=O) groups is 1. The van der Waals surface area contributed by atoms with Gasteiger partial charge in [0.2, 0.25) is 0 Å². The van der Waals surface area contributed by atoms with Gasteiger partial charge in [0.15, 0.2) is 11.5 Å². The number of benzene rings is 1. The quantitative estimate of drug-likeness (QED) is 0.820. The van der Waals surface area contributed by atoms with Gasteiger partial charge in [-0.3, -0.25) is 9.69 Å². The van der Waals surface area contributed by atoms with Crippen LogP contribution in [-0.4, -0.2) is 63.4 Å². The topological polar surface area (TPSA) is 60.0 Å². The van der Waals surface area contributed by atoms with Crippen LogP contribution < -0.4 is 14.8 Å². The van der Waals surface area contributed by atoms with Gasteiger partial charge in [-0.2, -0.15) is 0 Å². The minimum Gasteiger partial charge on any atom is -0.486 e. The molecule has 22 heavy (non-hydrogen) atoms.